The Labute approximate surface area is 453 Å². The van der Waals surface area contributed by atoms with Crippen LogP contribution in [0.5, 0.6) is 46.0 Å². The molecule has 414 valence electrons. The van der Waals surface area contributed by atoms with Gasteiger partial charge in [-0.15, -0.1) is 0 Å². The molecule has 25 nitrogen and oxygen atoms in total. The van der Waals surface area contributed by atoms with Crippen LogP contribution in [-0.2, 0) is 38.4 Å². The molecule has 7 amide bonds. The van der Waals surface area contributed by atoms with Gasteiger partial charge < -0.3 is 88.2 Å². The van der Waals surface area contributed by atoms with Crippen LogP contribution in [0.4, 0.5) is 0 Å². The van der Waals surface area contributed by atoms with Gasteiger partial charge in [-0.2, -0.15) is 0 Å². The summed E-state index contributed by atoms with van der Waals surface area (Å²) < 4.78 is 12.2. The summed E-state index contributed by atoms with van der Waals surface area (Å²) in [6, 6.07) is 2.57. The van der Waals surface area contributed by atoms with Crippen molar-refractivity contribution < 1.29 is 83.6 Å². The second-order valence-electron chi connectivity index (χ2n) is 19.3. The van der Waals surface area contributed by atoms with Gasteiger partial charge in [0.2, 0.25) is 47.1 Å². The van der Waals surface area contributed by atoms with Gasteiger partial charge in [-0.25, -0.2) is 4.79 Å². The first-order chi connectivity index (χ1) is 37.4. The monoisotopic (exact) mass is 1110 g/mol. The van der Waals surface area contributed by atoms with Crippen molar-refractivity contribution >= 4 is 58.9 Å². The standard InChI is InChI=1S/C53H53ClN8O17/c1-20(2)12-30(56-3)47(70)61-42-44(67)21-4-8-26(9-5-21)78-35-15-24-16-36(46(35)69)79-34-11-7-23(14-29(34)54)45(68)43-52(75)60-41(53(76)77)28-17-25(63)18-33(65)38(28)27-13-22(6-10-32(27)64)39(49(72)62-43)59-50(73)40(24)58-48(71)31(19-37(55)66)57-51(42)74/h4-11,13-18,20,30-31,39-45,56,63-65,67-69H,12,19H2,1-3H3,(H2,55,66)(H,57,74)(H,58,71)(H,59,73)(H,60,75)(H,61,70)(H,62,72)(H,76,77)/t30-,31+,39-,40-,41+,42-,43+,44-,45-/m1/s1. The summed E-state index contributed by atoms with van der Waals surface area (Å²) in [5, 5.41) is 96.3. The molecule has 9 atom stereocenters. The quantitative estimate of drug-likeness (QED) is 0.105. The Bertz CT molecular complexity index is 3300. The van der Waals surface area contributed by atoms with Crippen LogP contribution in [0.25, 0.3) is 11.1 Å². The molecule has 5 heterocycles. The highest BCUT2D eigenvalue weighted by molar-refractivity contribution is 6.32. The number of hydrogen-bond acceptors (Lipinski definition) is 17. The zero-order valence-corrected chi connectivity index (χ0v) is 42.7. The summed E-state index contributed by atoms with van der Waals surface area (Å²) in [6.07, 6.45) is -4.62. The molecule has 0 spiro atoms. The number of phenolic OH excluding ortho intramolecular Hbond substituents is 4. The highest BCUT2D eigenvalue weighted by atomic mass is 35.5. The Balaban J connectivity index is 1.35. The summed E-state index contributed by atoms with van der Waals surface area (Å²) in [5.74, 6) is -14.4. The number of halogens is 1. The summed E-state index contributed by atoms with van der Waals surface area (Å²) in [4.78, 5) is 113. The van der Waals surface area contributed by atoms with Crippen molar-refractivity contribution in [2.75, 3.05) is 7.05 Å². The lowest BCUT2D eigenvalue weighted by Gasteiger charge is -2.31. The van der Waals surface area contributed by atoms with Crippen molar-refractivity contribution in [2.45, 2.75) is 81.2 Å². The van der Waals surface area contributed by atoms with E-state index in [4.69, 9.17) is 26.8 Å². The number of hydrogen-bond donors (Lipinski definition) is 15. The normalized spacial score (nSPS) is 22.5. The SMILES string of the molecule is CN[C@H](CC(C)C)C(=O)N[C@H]1C(=O)N[C@@H](CC(N)=O)C(=O)N[C@H]2C(=O)N[C@H]3C(=O)N[C@H](C(=O)N[C@H](C(=O)O)c4cc(O)cc(O)c4-c4cc3ccc4O)[C@H](O)c3ccc(c(Cl)c3)Oc3cc2cc(c3O)Oc2ccc(cc2)[C@H]1O. The van der Waals surface area contributed by atoms with Crippen LogP contribution in [0.3, 0.4) is 0 Å². The minimum Gasteiger partial charge on any atom is -0.508 e. The summed E-state index contributed by atoms with van der Waals surface area (Å²) in [5.41, 5.74) is 3.52. The third kappa shape index (κ3) is 11.9. The van der Waals surface area contributed by atoms with E-state index in [9.17, 15) is 69.3 Å². The van der Waals surface area contributed by atoms with Crippen molar-refractivity contribution in [2.24, 2.45) is 11.7 Å². The maximum atomic E-state index is 15.3. The topological polar surface area (TPSA) is 407 Å². The predicted octanol–water partition coefficient (Wildman–Crippen LogP) is 1.74. The van der Waals surface area contributed by atoms with E-state index in [-0.39, 0.29) is 44.7 Å². The molecule has 26 heteroatoms. The molecule has 5 aliphatic heterocycles. The average molecular weight is 1110 g/mol. The molecule has 0 aliphatic carbocycles. The van der Waals surface area contributed by atoms with Crippen LogP contribution in [0.15, 0.2) is 84.9 Å². The van der Waals surface area contributed by atoms with E-state index < -0.39 is 159 Å². The Morgan fingerprint density at radius 2 is 1.30 bits per heavy atom. The van der Waals surface area contributed by atoms with Crippen molar-refractivity contribution in [3.8, 4) is 57.1 Å². The molecule has 5 aliphatic rings. The van der Waals surface area contributed by atoms with Gasteiger partial charge in [0.05, 0.1) is 17.5 Å². The van der Waals surface area contributed by atoms with Crippen LogP contribution in [0.2, 0.25) is 5.02 Å². The van der Waals surface area contributed by atoms with Gasteiger partial charge in [-0.1, -0.05) is 49.7 Å². The Hall–Kier alpha value is -9.17. The number of fused-ring (bicyclic) bond motifs is 15. The highest BCUT2D eigenvalue weighted by Gasteiger charge is 2.41. The number of carbonyl (C=O) groups is 8. The lowest BCUT2D eigenvalue weighted by atomic mass is 9.89. The molecular weight excluding hydrogens is 1060 g/mol. The molecule has 10 rings (SSSR count). The number of aliphatic carboxylic acids is 1. The molecule has 11 bridgehead atoms. The number of nitrogens with one attached hydrogen (secondary N) is 7. The average Bonchev–Trinajstić information content (AvgIpc) is 3.41. The molecule has 0 unspecified atom stereocenters. The van der Waals surface area contributed by atoms with E-state index in [1.54, 1.807) is 0 Å². The van der Waals surface area contributed by atoms with E-state index in [0.29, 0.717) is 6.42 Å². The van der Waals surface area contributed by atoms with Crippen molar-refractivity contribution in [3.05, 3.63) is 118 Å². The zero-order chi connectivity index (χ0) is 57.3. The Morgan fingerprint density at radius 1 is 0.671 bits per heavy atom. The zero-order valence-electron chi connectivity index (χ0n) is 41.9. The van der Waals surface area contributed by atoms with E-state index >= 15 is 4.79 Å². The molecular formula is C53H53ClN8O17. The number of benzene rings is 5. The number of nitrogens with two attached hydrogens (primary N) is 1. The number of aliphatic hydroxyl groups is 2. The third-order valence-electron chi connectivity index (χ3n) is 13.3. The van der Waals surface area contributed by atoms with Crippen LogP contribution >= 0.6 is 11.6 Å². The molecule has 0 saturated heterocycles. The maximum Gasteiger partial charge on any atom is 0.330 e. The first kappa shape index (κ1) is 56.0. The van der Waals surface area contributed by atoms with Crippen LogP contribution in [0.1, 0.15) is 84.8 Å². The van der Waals surface area contributed by atoms with E-state index in [2.05, 4.69) is 37.2 Å². The summed E-state index contributed by atoms with van der Waals surface area (Å²) >= 11 is 6.73. The molecule has 16 N–H and O–H groups in total. The fraction of sp³-hybridized carbons (Fsp3) is 0.283. The summed E-state index contributed by atoms with van der Waals surface area (Å²) in [7, 11) is 1.51. The van der Waals surface area contributed by atoms with Gasteiger partial charge in [0.25, 0.3) is 0 Å². The van der Waals surface area contributed by atoms with Crippen LogP contribution in [-0.4, -0.2) is 114 Å². The lowest BCUT2D eigenvalue weighted by Crippen LogP contribution is -2.59. The number of phenols is 4. The lowest BCUT2D eigenvalue weighted by molar-refractivity contribution is -0.143. The van der Waals surface area contributed by atoms with E-state index in [1.807, 2.05) is 13.8 Å². The Morgan fingerprint density at radius 3 is 1.95 bits per heavy atom. The Kier molecular flexibility index (Phi) is 16.2. The second kappa shape index (κ2) is 22.8. The minimum atomic E-state index is -2.17. The number of likely N-dealkylation sites (N-methyl/N-ethyl adjacent to an activating group) is 1. The molecule has 5 aromatic carbocycles. The van der Waals surface area contributed by atoms with Crippen molar-refractivity contribution in [1.29, 1.82) is 0 Å². The first-order valence-electron chi connectivity index (χ1n) is 24.3. The van der Waals surface area contributed by atoms with E-state index in [1.165, 1.54) is 43.4 Å². The van der Waals surface area contributed by atoms with Crippen LogP contribution < -0.4 is 52.4 Å². The summed E-state index contributed by atoms with van der Waals surface area (Å²) in [6.45, 7) is 3.70. The van der Waals surface area contributed by atoms with Gasteiger partial charge >= 0.3 is 5.97 Å². The number of ether oxygens (including phenoxy) is 2. The number of primary amides is 1. The third-order valence-corrected chi connectivity index (χ3v) is 13.6. The maximum absolute atomic E-state index is 15.3. The van der Waals surface area contributed by atoms with Crippen molar-refractivity contribution in [1.82, 2.24) is 37.2 Å². The highest BCUT2D eigenvalue weighted by Crippen LogP contribution is 2.47. The van der Waals surface area contributed by atoms with Crippen LogP contribution in [0, 0.1) is 5.92 Å². The number of carbonyl (C=O) groups excluding carboxylic acids is 7. The van der Waals surface area contributed by atoms with Crippen molar-refractivity contribution in [3.63, 3.8) is 0 Å². The molecule has 5 aromatic rings. The fourth-order valence-corrected chi connectivity index (χ4v) is 9.53. The largest absolute Gasteiger partial charge is 0.508 e. The fourth-order valence-electron chi connectivity index (χ4n) is 9.30. The molecule has 0 aromatic heterocycles. The molecule has 0 radical (unpaired) electrons. The predicted molar refractivity (Wildman–Crippen MR) is 275 cm³/mol. The number of carboxylic acids is 1. The molecule has 79 heavy (non-hydrogen) atoms. The van der Waals surface area contributed by atoms with Gasteiger partial charge in [0, 0.05) is 22.8 Å². The molecule has 0 saturated carbocycles. The van der Waals surface area contributed by atoms with E-state index in [0.717, 1.165) is 48.5 Å². The van der Waals surface area contributed by atoms with Gasteiger partial charge in [0.15, 0.2) is 17.5 Å². The minimum absolute atomic E-state index is 0.0154. The molecule has 0 fully saturated rings. The van der Waals surface area contributed by atoms with Gasteiger partial charge in [0.1, 0.15) is 71.2 Å². The number of rotatable bonds is 8. The number of carboxylic acid groups (broad SMARTS) is 1. The first-order valence-corrected chi connectivity index (χ1v) is 24.7. The number of aromatic hydroxyl groups is 4. The second-order valence-corrected chi connectivity index (χ2v) is 19.7. The van der Waals surface area contributed by atoms with Gasteiger partial charge in [-0.05, 0) is 96.2 Å². The number of amides is 7. The van der Waals surface area contributed by atoms with Gasteiger partial charge in [-0.3, -0.25) is 33.6 Å². The smallest absolute Gasteiger partial charge is 0.330 e. The number of aliphatic hydroxyl groups excluding tert-OH is 2.